The number of phenols is 1. The number of rotatable bonds is 6. The topological polar surface area (TPSA) is 109 Å². The van der Waals surface area contributed by atoms with Crippen LogP contribution in [0.1, 0.15) is 16.0 Å². The number of carboxylic acids is 1. The van der Waals surface area contributed by atoms with Gasteiger partial charge in [0.2, 0.25) is 0 Å². The maximum Gasteiger partial charge on any atom is 0.322 e. The number of aromatic nitrogens is 1. The molecular weight excluding hydrogens is 460 g/mol. The predicted octanol–water partition coefficient (Wildman–Crippen LogP) is 3.32. The lowest BCUT2D eigenvalue weighted by atomic mass is 10.1. The van der Waals surface area contributed by atoms with Crippen LogP contribution in [0.15, 0.2) is 71.1 Å². The number of hydrogen-bond donors (Lipinski definition) is 3. The Labute approximate surface area is 195 Å². The Kier molecular flexibility index (Phi) is 6.24. The average Bonchev–Trinajstić information content (AvgIpc) is 3.39. The van der Waals surface area contributed by atoms with Crippen molar-refractivity contribution in [3.8, 4) is 17.6 Å². The number of nitrogens with one attached hydrogen (secondary N) is 1. The highest BCUT2D eigenvalue weighted by Crippen LogP contribution is 2.30. The molecule has 9 heteroatoms. The molecular formula is C24H20N2O5S2. The molecule has 2 aromatic heterocycles. The number of aromatic hydroxyl groups is 1. The molecule has 0 aliphatic heterocycles. The van der Waals surface area contributed by atoms with Gasteiger partial charge in [-0.1, -0.05) is 36.1 Å². The number of carboxylic acid groups (broad SMARTS) is 1. The van der Waals surface area contributed by atoms with Crippen LogP contribution in [0.5, 0.6) is 5.75 Å². The molecule has 0 bridgehead atoms. The summed E-state index contributed by atoms with van der Waals surface area (Å²) in [6, 6.07) is 15.9. The van der Waals surface area contributed by atoms with Gasteiger partial charge in [0.15, 0.2) is 0 Å². The number of phenolic OH excluding ortho intramolecular Hbond substituents is 1. The van der Waals surface area contributed by atoms with Gasteiger partial charge in [0.1, 0.15) is 16.0 Å². The van der Waals surface area contributed by atoms with Crippen molar-refractivity contribution in [1.82, 2.24) is 9.29 Å². The van der Waals surface area contributed by atoms with Crippen LogP contribution >= 0.6 is 11.3 Å². The second kappa shape index (κ2) is 9.11. The van der Waals surface area contributed by atoms with Gasteiger partial charge in [0.05, 0.1) is 10.4 Å². The summed E-state index contributed by atoms with van der Waals surface area (Å²) in [5.41, 5.74) is 2.05. The molecule has 0 radical (unpaired) electrons. The van der Waals surface area contributed by atoms with Crippen LogP contribution in [-0.4, -0.2) is 35.2 Å². The van der Waals surface area contributed by atoms with Gasteiger partial charge in [-0.05, 0) is 42.0 Å². The van der Waals surface area contributed by atoms with Crippen molar-refractivity contribution in [3.63, 3.8) is 0 Å². The van der Waals surface area contributed by atoms with E-state index in [9.17, 15) is 23.4 Å². The fraction of sp³-hybridized carbons (Fsp3) is 0.125. The van der Waals surface area contributed by atoms with E-state index in [0.29, 0.717) is 15.8 Å². The van der Waals surface area contributed by atoms with E-state index in [-0.39, 0.29) is 16.4 Å². The summed E-state index contributed by atoms with van der Waals surface area (Å²) in [6.07, 6.45) is 1.56. The van der Waals surface area contributed by atoms with E-state index < -0.39 is 22.0 Å². The fourth-order valence-corrected chi connectivity index (χ4v) is 5.87. The van der Waals surface area contributed by atoms with Crippen LogP contribution in [0.4, 0.5) is 0 Å². The first-order valence-electron chi connectivity index (χ1n) is 9.92. The Morgan fingerprint density at radius 3 is 2.58 bits per heavy atom. The summed E-state index contributed by atoms with van der Waals surface area (Å²) in [7, 11) is -2.32. The Morgan fingerprint density at radius 1 is 1.09 bits per heavy atom. The van der Waals surface area contributed by atoms with Crippen LogP contribution < -0.4 is 4.72 Å². The summed E-state index contributed by atoms with van der Waals surface area (Å²) in [5, 5.41) is 20.4. The molecule has 0 saturated heterocycles. The molecule has 33 heavy (non-hydrogen) atoms. The molecule has 2 heterocycles. The first-order valence-corrected chi connectivity index (χ1v) is 12.2. The lowest BCUT2D eigenvalue weighted by Gasteiger charge is -2.14. The highest BCUT2D eigenvalue weighted by Gasteiger charge is 2.28. The Morgan fingerprint density at radius 2 is 1.85 bits per heavy atom. The maximum atomic E-state index is 12.9. The third-order valence-electron chi connectivity index (χ3n) is 5.04. The minimum atomic E-state index is -4.09. The molecule has 0 unspecified atom stereocenters. The van der Waals surface area contributed by atoms with Crippen molar-refractivity contribution in [1.29, 1.82) is 0 Å². The standard InChI is InChI=1S/C24H20N2O5S2/c1-26-15-17(23-20(26)8-5-9-21(23)27)14-19(24(28)29)25-33(30,31)22-13-12-18(32-22)11-10-16-6-3-2-4-7-16/h2-9,12-13,15,19,25,27H,14H2,1H3,(H,28,29)/t19-/m1/s1. The lowest BCUT2D eigenvalue weighted by molar-refractivity contribution is -0.138. The zero-order valence-electron chi connectivity index (χ0n) is 17.5. The lowest BCUT2D eigenvalue weighted by Crippen LogP contribution is -2.42. The minimum Gasteiger partial charge on any atom is -0.507 e. The van der Waals surface area contributed by atoms with Gasteiger partial charge in [-0.15, -0.1) is 11.3 Å². The molecule has 0 amide bonds. The average molecular weight is 481 g/mol. The largest absolute Gasteiger partial charge is 0.507 e. The highest BCUT2D eigenvalue weighted by atomic mass is 32.2. The van der Waals surface area contributed by atoms with Crippen LogP contribution in [0.2, 0.25) is 0 Å². The number of benzene rings is 2. The summed E-state index contributed by atoms with van der Waals surface area (Å²) in [5.74, 6) is 4.59. The molecule has 0 aliphatic carbocycles. The zero-order chi connectivity index (χ0) is 23.6. The van der Waals surface area contributed by atoms with Crippen molar-refractivity contribution in [2.24, 2.45) is 7.05 Å². The van der Waals surface area contributed by atoms with Crippen LogP contribution in [-0.2, 0) is 28.3 Å². The van der Waals surface area contributed by atoms with E-state index in [1.165, 1.54) is 12.1 Å². The van der Waals surface area contributed by atoms with Gasteiger partial charge in [0.25, 0.3) is 10.0 Å². The summed E-state index contributed by atoms with van der Waals surface area (Å²) < 4.78 is 29.8. The number of aryl methyl sites for hydroxylation is 1. The smallest absolute Gasteiger partial charge is 0.322 e. The molecule has 3 N–H and O–H groups in total. The molecule has 4 aromatic rings. The fourth-order valence-electron chi connectivity index (χ4n) is 3.51. The van der Waals surface area contributed by atoms with E-state index >= 15 is 0 Å². The van der Waals surface area contributed by atoms with Crippen molar-refractivity contribution in [2.45, 2.75) is 16.7 Å². The van der Waals surface area contributed by atoms with E-state index in [4.69, 9.17) is 0 Å². The van der Waals surface area contributed by atoms with Crippen molar-refractivity contribution in [2.75, 3.05) is 0 Å². The minimum absolute atomic E-state index is 0.00925. The molecule has 2 aromatic carbocycles. The van der Waals surface area contributed by atoms with Crippen molar-refractivity contribution >= 4 is 38.2 Å². The van der Waals surface area contributed by atoms with Gasteiger partial charge in [0, 0.05) is 30.6 Å². The monoisotopic (exact) mass is 480 g/mol. The molecule has 168 valence electrons. The van der Waals surface area contributed by atoms with Crippen LogP contribution in [0.3, 0.4) is 0 Å². The SMILES string of the molecule is Cn1cc(C[C@@H](NS(=O)(=O)c2ccc(C#Cc3ccccc3)s2)C(=O)O)c2c(O)cccc21. The van der Waals surface area contributed by atoms with Gasteiger partial charge >= 0.3 is 5.97 Å². The predicted molar refractivity (Wildman–Crippen MR) is 127 cm³/mol. The Balaban J connectivity index is 1.57. The number of thiophene rings is 1. The number of nitrogens with zero attached hydrogens (tertiary/aromatic N) is 1. The first-order chi connectivity index (χ1) is 15.7. The molecule has 0 fully saturated rings. The number of sulfonamides is 1. The molecule has 0 saturated carbocycles. The van der Waals surface area contributed by atoms with E-state index in [2.05, 4.69) is 16.6 Å². The number of fused-ring (bicyclic) bond motifs is 1. The molecule has 7 nitrogen and oxygen atoms in total. The van der Waals surface area contributed by atoms with Crippen molar-refractivity contribution < 1.29 is 23.4 Å². The number of aliphatic carboxylic acids is 1. The normalized spacial score (nSPS) is 12.3. The highest BCUT2D eigenvalue weighted by molar-refractivity contribution is 7.91. The quantitative estimate of drug-likeness (QED) is 0.367. The first kappa shape index (κ1) is 22.6. The second-order valence-electron chi connectivity index (χ2n) is 7.39. The third kappa shape index (κ3) is 4.93. The second-order valence-corrected chi connectivity index (χ2v) is 10.4. The van der Waals surface area contributed by atoms with Gasteiger partial charge < -0.3 is 14.8 Å². The summed E-state index contributed by atoms with van der Waals surface area (Å²) >= 11 is 0.967. The Hall–Kier alpha value is -3.58. The number of hydrogen-bond acceptors (Lipinski definition) is 5. The maximum absolute atomic E-state index is 12.9. The third-order valence-corrected chi connectivity index (χ3v) is 8.00. The molecule has 0 aliphatic rings. The summed E-state index contributed by atoms with van der Waals surface area (Å²) in [4.78, 5) is 12.4. The molecule has 4 rings (SSSR count). The van der Waals surface area contributed by atoms with Crippen molar-refractivity contribution in [3.05, 3.63) is 82.9 Å². The van der Waals surface area contributed by atoms with E-state index in [0.717, 1.165) is 22.4 Å². The Bertz CT molecular complexity index is 1490. The van der Waals surface area contributed by atoms with E-state index in [1.54, 1.807) is 36.0 Å². The van der Waals surface area contributed by atoms with Gasteiger partial charge in [-0.3, -0.25) is 4.79 Å². The van der Waals surface area contributed by atoms with Crippen LogP contribution in [0, 0.1) is 11.8 Å². The number of carbonyl (C=O) groups is 1. The van der Waals surface area contributed by atoms with Crippen LogP contribution in [0.25, 0.3) is 10.9 Å². The summed E-state index contributed by atoms with van der Waals surface area (Å²) in [6.45, 7) is 0. The molecule has 0 spiro atoms. The van der Waals surface area contributed by atoms with Gasteiger partial charge in [-0.2, -0.15) is 4.72 Å². The molecule has 1 atom stereocenters. The van der Waals surface area contributed by atoms with Gasteiger partial charge in [-0.25, -0.2) is 8.42 Å². The zero-order valence-corrected chi connectivity index (χ0v) is 19.2. The van der Waals surface area contributed by atoms with E-state index in [1.807, 2.05) is 30.3 Å².